The van der Waals surface area contributed by atoms with Crippen molar-refractivity contribution in [3.8, 4) is 0 Å². The minimum atomic E-state index is 0. The zero-order chi connectivity index (χ0) is 5.11. The van der Waals surface area contributed by atoms with E-state index in [1.165, 1.54) is 5.56 Å². The molecule has 1 rings (SSSR count). The number of hydrogen-bond acceptors (Lipinski definition) is 0. The van der Waals surface area contributed by atoms with Crippen LogP contribution in [0.25, 0.3) is 0 Å². The summed E-state index contributed by atoms with van der Waals surface area (Å²) in [5.74, 6) is 0. The van der Waals surface area contributed by atoms with Crippen LogP contribution in [0, 0.1) is 6.92 Å². The van der Waals surface area contributed by atoms with E-state index in [1.807, 2.05) is 18.2 Å². The van der Waals surface area contributed by atoms with E-state index in [2.05, 4.69) is 19.1 Å². The molecule has 0 aliphatic carbocycles. The maximum atomic E-state index is 2.08. The van der Waals surface area contributed by atoms with Crippen molar-refractivity contribution in [2.24, 2.45) is 0 Å². The van der Waals surface area contributed by atoms with Crippen molar-refractivity contribution < 1.29 is 29.2 Å². The van der Waals surface area contributed by atoms with Crippen LogP contribution in [0.5, 0.6) is 0 Å². The van der Waals surface area contributed by atoms with Crippen LogP contribution < -0.4 is 9.41 Å². The second-order valence-electron chi connectivity index (χ2n) is 1.65. The third-order valence-corrected chi connectivity index (χ3v) is 0.940. The van der Waals surface area contributed by atoms with E-state index in [4.69, 9.17) is 0 Å². The van der Waals surface area contributed by atoms with Gasteiger partial charge >= 0.3 is 19.8 Å². The zero-order valence-electron chi connectivity index (χ0n) is 5.50. The van der Waals surface area contributed by atoms with Crippen LogP contribution in [0.4, 0.5) is 0 Å². The van der Waals surface area contributed by atoms with Crippen LogP contribution in [0.1, 0.15) is 5.56 Å². The normalized spacial score (nSPS) is 6.10. The Morgan fingerprint density at radius 3 is 1.50 bits per heavy atom. The fourth-order valence-electron chi connectivity index (χ4n) is 0.534. The first-order chi connectivity index (χ1) is 3.39. The molecule has 0 atom stereocenters. The number of halogens is 2. The summed E-state index contributed by atoms with van der Waals surface area (Å²) in [4.78, 5) is 0. The number of aryl methyl sites for hydroxylation is 1. The van der Waals surface area contributed by atoms with Crippen molar-refractivity contribution in [3.63, 3.8) is 0 Å². The van der Waals surface area contributed by atoms with Gasteiger partial charge in [0.1, 0.15) is 0 Å². The van der Waals surface area contributed by atoms with Gasteiger partial charge in [0.25, 0.3) is 0 Å². The molecule has 10 heavy (non-hydrogen) atoms. The fourth-order valence-corrected chi connectivity index (χ4v) is 0.534. The SMILES string of the molecule is Cc1ccccc1.[F-].[F-].[Os+2]. The van der Waals surface area contributed by atoms with Gasteiger partial charge in [-0.3, -0.25) is 0 Å². The molecule has 1 aromatic rings. The fraction of sp³-hybridized carbons (Fsp3) is 0.143. The molecule has 0 saturated heterocycles. The minimum absolute atomic E-state index is 0. The first kappa shape index (κ1) is 16.4. The molecule has 0 heterocycles. The predicted molar refractivity (Wildman–Crippen MR) is 31.2 cm³/mol. The Bertz CT molecular complexity index is 142. The third kappa shape index (κ3) is 5.85. The van der Waals surface area contributed by atoms with E-state index in [0.29, 0.717) is 0 Å². The molecular formula is C7H8F2Os. The standard InChI is InChI=1S/C7H8.2FH.Os/c1-7-5-3-2-4-6-7;;;/h2-6H,1H3;2*1H;/q;;;+2/p-2. The van der Waals surface area contributed by atoms with Crippen molar-refractivity contribution in [1.29, 1.82) is 0 Å². The summed E-state index contributed by atoms with van der Waals surface area (Å²) in [5.41, 5.74) is 1.32. The average molecular weight is 320 g/mol. The van der Waals surface area contributed by atoms with Gasteiger partial charge in [-0.1, -0.05) is 35.9 Å². The smallest absolute Gasteiger partial charge is 1.00 e. The van der Waals surface area contributed by atoms with Gasteiger partial charge in [0.05, 0.1) is 0 Å². The van der Waals surface area contributed by atoms with Crippen LogP contribution in [-0.4, -0.2) is 0 Å². The van der Waals surface area contributed by atoms with E-state index < -0.39 is 0 Å². The van der Waals surface area contributed by atoms with Crippen molar-refractivity contribution >= 4 is 0 Å². The third-order valence-electron chi connectivity index (χ3n) is 0.940. The van der Waals surface area contributed by atoms with E-state index in [1.54, 1.807) is 0 Å². The van der Waals surface area contributed by atoms with E-state index in [0.717, 1.165) is 0 Å². The monoisotopic (exact) mass is 322 g/mol. The summed E-state index contributed by atoms with van der Waals surface area (Å²) < 4.78 is 0. The van der Waals surface area contributed by atoms with Crippen molar-refractivity contribution in [2.45, 2.75) is 6.92 Å². The van der Waals surface area contributed by atoms with Crippen molar-refractivity contribution in [2.75, 3.05) is 0 Å². The van der Waals surface area contributed by atoms with Crippen LogP contribution in [0.15, 0.2) is 30.3 Å². The van der Waals surface area contributed by atoms with Crippen molar-refractivity contribution in [1.82, 2.24) is 0 Å². The molecular weight excluding hydrogens is 312 g/mol. The van der Waals surface area contributed by atoms with Gasteiger partial charge in [-0.05, 0) is 6.92 Å². The summed E-state index contributed by atoms with van der Waals surface area (Å²) in [6.07, 6.45) is 0. The molecule has 3 heteroatoms. The Kier molecular flexibility index (Phi) is 14.3. The van der Waals surface area contributed by atoms with Gasteiger partial charge in [0.2, 0.25) is 0 Å². The Hall–Kier alpha value is -0.284. The molecule has 1 aromatic carbocycles. The summed E-state index contributed by atoms with van der Waals surface area (Å²) in [5, 5.41) is 0. The molecule has 0 bridgehead atoms. The van der Waals surface area contributed by atoms with Gasteiger partial charge in [-0.2, -0.15) is 0 Å². The summed E-state index contributed by atoms with van der Waals surface area (Å²) in [6.45, 7) is 2.08. The van der Waals surface area contributed by atoms with E-state index in [-0.39, 0.29) is 29.2 Å². The maximum absolute atomic E-state index is 2.08. The first-order valence-corrected chi connectivity index (χ1v) is 2.41. The Labute approximate surface area is 72.4 Å². The van der Waals surface area contributed by atoms with Crippen LogP contribution in [-0.2, 0) is 19.8 Å². The Morgan fingerprint density at radius 2 is 1.30 bits per heavy atom. The van der Waals surface area contributed by atoms with Crippen LogP contribution >= 0.6 is 0 Å². The molecule has 0 spiro atoms. The number of hydrogen-bond donors (Lipinski definition) is 0. The summed E-state index contributed by atoms with van der Waals surface area (Å²) in [7, 11) is 0. The minimum Gasteiger partial charge on any atom is -1.00 e. The van der Waals surface area contributed by atoms with Crippen LogP contribution in [0.3, 0.4) is 0 Å². The Morgan fingerprint density at radius 1 is 0.900 bits per heavy atom. The van der Waals surface area contributed by atoms with E-state index >= 15 is 0 Å². The second-order valence-corrected chi connectivity index (χ2v) is 1.65. The second kappa shape index (κ2) is 8.72. The maximum Gasteiger partial charge on any atom is 2.00 e. The molecule has 0 radical (unpaired) electrons. The molecule has 0 fully saturated rings. The summed E-state index contributed by atoms with van der Waals surface area (Å²) in [6, 6.07) is 10.3. The predicted octanol–water partition coefficient (Wildman–Crippen LogP) is -4.00. The molecule has 0 aliphatic heterocycles. The first-order valence-electron chi connectivity index (χ1n) is 2.41. The van der Waals surface area contributed by atoms with Gasteiger partial charge in [-0.15, -0.1) is 0 Å². The molecule has 0 aliphatic rings. The van der Waals surface area contributed by atoms with Gasteiger partial charge in [-0.25, -0.2) is 0 Å². The molecule has 0 unspecified atom stereocenters. The molecule has 0 aromatic heterocycles. The van der Waals surface area contributed by atoms with Crippen molar-refractivity contribution in [3.05, 3.63) is 35.9 Å². The quantitative estimate of drug-likeness (QED) is 0.457. The topological polar surface area (TPSA) is 0 Å². The van der Waals surface area contributed by atoms with Gasteiger partial charge in [0, 0.05) is 0 Å². The zero-order valence-corrected chi connectivity index (χ0v) is 8.04. The Balaban J connectivity index is -0.000000163. The van der Waals surface area contributed by atoms with Crippen LogP contribution in [0.2, 0.25) is 0 Å². The van der Waals surface area contributed by atoms with Gasteiger partial charge in [0.15, 0.2) is 0 Å². The number of benzene rings is 1. The molecule has 0 N–H and O–H groups in total. The average Bonchev–Trinajstić information content (AvgIpc) is 1.69. The molecule has 0 amide bonds. The van der Waals surface area contributed by atoms with E-state index in [9.17, 15) is 0 Å². The molecule has 0 nitrogen and oxygen atoms in total. The molecule has 58 valence electrons. The summed E-state index contributed by atoms with van der Waals surface area (Å²) >= 11 is 0. The number of rotatable bonds is 0. The molecule has 0 saturated carbocycles. The van der Waals surface area contributed by atoms with Gasteiger partial charge < -0.3 is 9.41 Å². The largest absolute Gasteiger partial charge is 2.00 e.